The smallest absolute Gasteiger partial charge is 0.235 e. The first-order valence-corrected chi connectivity index (χ1v) is 4.00. The molecule has 0 aromatic rings. The van der Waals surface area contributed by atoms with Crippen LogP contribution in [0.3, 0.4) is 0 Å². The van der Waals surface area contributed by atoms with Gasteiger partial charge in [0.2, 0.25) is 5.91 Å². The van der Waals surface area contributed by atoms with Gasteiger partial charge in [0.1, 0.15) is 5.38 Å². The van der Waals surface area contributed by atoms with Crippen molar-refractivity contribution < 1.29 is 4.79 Å². The van der Waals surface area contributed by atoms with E-state index in [2.05, 4.69) is 0 Å². The molecule has 0 radical (unpaired) electrons. The Kier molecular flexibility index (Phi) is 4.45. The van der Waals surface area contributed by atoms with Crippen LogP contribution in [-0.4, -0.2) is 11.3 Å². The summed E-state index contributed by atoms with van der Waals surface area (Å²) in [4.78, 5) is 10.5. The second-order valence-corrected chi connectivity index (χ2v) is 2.85. The van der Waals surface area contributed by atoms with E-state index in [4.69, 9.17) is 17.3 Å². The number of carbonyl (C=O) groups excluding carboxylic acids is 1. The fraction of sp³-hybridized carbons (Fsp3) is 0.857. The van der Waals surface area contributed by atoms with E-state index in [0.717, 1.165) is 12.8 Å². The number of alkyl halides is 1. The summed E-state index contributed by atoms with van der Waals surface area (Å²) in [5.41, 5.74) is 5.02. The molecule has 1 amide bonds. The van der Waals surface area contributed by atoms with Crippen LogP contribution in [0.25, 0.3) is 0 Å². The molecule has 3 heteroatoms. The lowest BCUT2D eigenvalue weighted by Crippen LogP contribution is -2.30. The molecular weight excluding hydrogens is 150 g/mol. The van der Waals surface area contributed by atoms with Gasteiger partial charge in [0, 0.05) is 0 Å². The number of primary amides is 1. The molecule has 0 saturated heterocycles. The van der Waals surface area contributed by atoms with Crippen molar-refractivity contribution in [2.24, 2.45) is 11.7 Å². The lowest BCUT2D eigenvalue weighted by Gasteiger charge is -2.14. The zero-order valence-electron chi connectivity index (χ0n) is 6.43. The minimum absolute atomic E-state index is 0.235. The van der Waals surface area contributed by atoms with Gasteiger partial charge in [-0.05, 0) is 5.92 Å². The minimum atomic E-state index is -0.491. The molecule has 0 aromatic carbocycles. The zero-order valence-corrected chi connectivity index (χ0v) is 7.19. The summed E-state index contributed by atoms with van der Waals surface area (Å²) < 4.78 is 0. The number of carbonyl (C=O) groups is 1. The van der Waals surface area contributed by atoms with Gasteiger partial charge < -0.3 is 5.73 Å². The molecule has 0 aliphatic rings. The van der Waals surface area contributed by atoms with Crippen molar-refractivity contribution in [1.82, 2.24) is 0 Å². The summed E-state index contributed by atoms with van der Waals surface area (Å²) in [7, 11) is 0. The van der Waals surface area contributed by atoms with Crippen LogP contribution in [-0.2, 0) is 4.79 Å². The van der Waals surface area contributed by atoms with Gasteiger partial charge in [0.15, 0.2) is 0 Å². The first kappa shape index (κ1) is 9.76. The Labute approximate surface area is 66.7 Å². The van der Waals surface area contributed by atoms with E-state index in [-0.39, 0.29) is 5.92 Å². The van der Waals surface area contributed by atoms with Crippen LogP contribution in [0.1, 0.15) is 26.7 Å². The van der Waals surface area contributed by atoms with Gasteiger partial charge in [-0.25, -0.2) is 0 Å². The highest BCUT2D eigenvalue weighted by Gasteiger charge is 2.20. The Morgan fingerprint density at radius 2 is 1.90 bits per heavy atom. The maximum Gasteiger partial charge on any atom is 0.235 e. The highest BCUT2D eigenvalue weighted by atomic mass is 35.5. The topological polar surface area (TPSA) is 43.1 Å². The van der Waals surface area contributed by atoms with Crippen LogP contribution in [0.15, 0.2) is 0 Å². The van der Waals surface area contributed by atoms with Crippen molar-refractivity contribution in [2.45, 2.75) is 32.1 Å². The molecule has 2 N–H and O–H groups in total. The van der Waals surface area contributed by atoms with Crippen molar-refractivity contribution in [3.8, 4) is 0 Å². The third-order valence-corrected chi connectivity index (χ3v) is 2.31. The predicted molar refractivity (Wildman–Crippen MR) is 42.9 cm³/mol. The van der Waals surface area contributed by atoms with E-state index >= 15 is 0 Å². The Morgan fingerprint density at radius 3 is 2.00 bits per heavy atom. The van der Waals surface area contributed by atoms with Crippen LogP contribution >= 0.6 is 11.6 Å². The van der Waals surface area contributed by atoms with Crippen molar-refractivity contribution in [1.29, 1.82) is 0 Å². The Morgan fingerprint density at radius 1 is 1.50 bits per heavy atom. The Hall–Kier alpha value is -0.240. The van der Waals surface area contributed by atoms with Gasteiger partial charge in [-0.2, -0.15) is 0 Å². The van der Waals surface area contributed by atoms with Crippen molar-refractivity contribution >= 4 is 17.5 Å². The number of hydrogen-bond acceptors (Lipinski definition) is 1. The number of nitrogens with two attached hydrogens (primary N) is 1. The van der Waals surface area contributed by atoms with Gasteiger partial charge in [-0.1, -0.05) is 26.7 Å². The van der Waals surface area contributed by atoms with Crippen LogP contribution in [0.2, 0.25) is 0 Å². The molecule has 0 aliphatic carbocycles. The van der Waals surface area contributed by atoms with Gasteiger partial charge >= 0.3 is 0 Å². The standard InChI is InChI=1S/C7H14ClNO/c1-3-5(4-2)6(8)7(9)10/h5-6H,3-4H2,1-2H3,(H2,9,10). The highest BCUT2D eigenvalue weighted by Crippen LogP contribution is 2.17. The van der Waals surface area contributed by atoms with Crippen molar-refractivity contribution in [3.63, 3.8) is 0 Å². The summed E-state index contributed by atoms with van der Waals surface area (Å²) in [5.74, 6) is -0.172. The maximum atomic E-state index is 10.5. The van der Waals surface area contributed by atoms with Gasteiger partial charge in [-0.3, -0.25) is 4.79 Å². The molecule has 60 valence electrons. The third-order valence-electron chi connectivity index (χ3n) is 1.73. The van der Waals surface area contributed by atoms with Gasteiger partial charge in [0.05, 0.1) is 0 Å². The van der Waals surface area contributed by atoms with E-state index in [9.17, 15) is 4.79 Å². The fourth-order valence-corrected chi connectivity index (χ4v) is 1.29. The first-order chi connectivity index (χ1) is 4.63. The summed E-state index contributed by atoms with van der Waals surface area (Å²) in [6, 6.07) is 0. The van der Waals surface area contributed by atoms with E-state index in [1.807, 2.05) is 13.8 Å². The molecule has 0 fully saturated rings. The molecular formula is C7H14ClNO. The summed E-state index contributed by atoms with van der Waals surface area (Å²) in [6.45, 7) is 4.01. The molecule has 0 aromatic heterocycles. The molecule has 0 aliphatic heterocycles. The molecule has 10 heavy (non-hydrogen) atoms. The summed E-state index contributed by atoms with van der Waals surface area (Å²) in [6.07, 6.45) is 1.82. The second kappa shape index (κ2) is 4.56. The van der Waals surface area contributed by atoms with Crippen molar-refractivity contribution in [2.75, 3.05) is 0 Å². The summed E-state index contributed by atoms with van der Waals surface area (Å²) in [5, 5.41) is -0.491. The lowest BCUT2D eigenvalue weighted by atomic mass is 9.99. The second-order valence-electron chi connectivity index (χ2n) is 2.38. The van der Waals surface area contributed by atoms with Crippen LogP contribution in [0.4, 0.5) is 0 Å². The molecule has 0 bridgehead atoms. The average Bonchev–Trinajstić information content (AvgIpc) is 1.90. The van der Waals surface area contributed by atoms with E-state index in [1.54, 1.807) is 0 Å². The summed E-state index contributed by atoms with van der Waals surface area (Å²) >= 11 is 5.71. The SMILES string of the molecule is CCC(CC)C(Cl)C(N)=O. The highest BCUT2D eigenvalue weighted by molar-refractivity contribution is 6.30. The molecule has 0 saturated carbocycles. The minimum Gasteiger partial charge on any atom is -0.368 e. The van der Waals surface area contributed by atoms with E-state index in [1.165, 1.54) is 0 Å². The molecule has 0 rings (SSSR count). The first-order valence-electron chi connectivity index (χ1n) is 3.56. The molecule has 1 atom stereocenters. The number of hydrogen-bond donors (Lipinski definition) is 1. The molecule has 1 unspecified atom stereocenters. The Bertz CT molecular complexity index is 112. The van der Waals surface area contributed by atoms with Crippen molar-refractivity contribution in [3.05, 3.63) is 0 Å². The fourth-order valence-electron chi connectivity index (χ4n) is 0.935. The largest absolute Gasteiger partial charge is 0.368 e. The zero-order chi connectivity index (χ0) is 8.15. The third kappa shape index (κ3) is 2.56. The van der Waals surface area contributed by atoms with Gasteiger partial charge in [-0.15, -0.1) is 11.6 Å². The normalized spacial score (nSPS) is 13.6. The quantitative estimate of drug-likeness (QED) is 0.628. The molecule has 0 heterocycles. The average molecular weight is 164 g/mol. The van der Waals surface area contributed by atoms with E-state index in [0.29, 0.717) is 0 Å². The number of amides is 1. The molecule has 0 spiro atoms. The van der Waals surface area contributed by atoms with E-state index < -0.39 is 11.3 Å². The number of rotatable bonds is 4. The lowest BCUT2D eigenvalue weighted by molar-refractivity contribution is -0.118. The predicted octanol–water partition coefficient (Wildman–Crippen LogP) is 1.52. The van der Waals surface area contributed by atoms with Gasteiger partial charge in [0.25, 0.3) is 0 Å². The Balaban J connectivity index is 3.88. The van der Waals surface area contributed by atoms with Crippen LogP contribution in [0, 0.1) is 5.92 Å². The number of halogens is 1. The van der Waals surface area contributed by atoms with Crippen LogP contribution in [0.5, 0.6) is 0 Å². The monoisotopic (exact) mass is 163 g/mol. The maximum absolute atomic E-state index is 10.5. The van der Waals surface area contributed by atoms with Crippen LogP contribution < -0.4 is 5.73 Å². The molecule has 2 nitrogen and oxygen atoms in total.